The molecule has 0 aromatic heterocycles. The van der Waals surface area contributed by atoms with Gasteiger partial charge in [0.15, 0.2) is 5.79 Å². The summed E-state index contributed by atoms with van der Waals surface area (Å²) in [5.41, 5.74) is 1.30. The third kappa shape index (κ3) is 2.89. The van der Waals surface area contributed by atoms with Crippen LogP contribution >= 0.6 is 0 Å². The van der Waals surface area contributed by atoms with Crippen LogP contribution in [0.1, 0.15) is 25.8 Å². The maximum atomic E-state index is 6.02. The molecular formula is C16H21NO2. The first kappa shape index (κ1) is 12.9. The molecule has 3 nitrogen and oxygen atoms in total. The van der Waals surface area contributed by atoms with Gasteiger partial charge in [0.25, 0.3) is 0 Å². The van der Waals surface area contributed by atoms with Crippen LogP contribution < -0.4 is 5.32 Å². The minimum Gasteiger partial charge on any atom is -0.343 e. The quantitative estimate of drug-likeness (QED) is 0.846. The molecule has 3 rings (SSSR count). The summed E-state index contributed by atoms with van der Waals surface area (Å²) >= 11 is 0. The SMILES string of the molecule is CC1(C)O[C@H]2[C@@H](NCc3ccccc3)CC=C[C@H]2O1. The molecule has 1 aliphatic heterocycles. The van der Waals surface area contributed by atoms with Crippen molar-refractivity contribution in [1.29, 1.82) is 0 Å². The Hall–Kier alpha value is -1.16. The number of rotatable bonds is 3. The second-order valence-electron chi connectivity index (χ2n) is 5.70. The Morgan fingerprint density at radius 2 is 2.00 bits per heavy atom. The lowest BCUT2D eigenvalue weighted by atomic mass is 9.96. The molecule has 1 aromatic rings. The molecular weight excluding hydrogens is 238 g/mol. The van der Waals surface area contributed by atoms with E-state index in [1.54, 1.807) is 0 Å². The van der Waals surface area contributed by atoms with Crippen molar-refractivity contribution >= 4 is 0 Å². The van der Waals surface area contributed by atoms with Crippen LogP contribution in [-0.4, -0.2) is 24.0 Å². The van der Waals surface area contributed by atoms with E-state index >= 15 is 0 Å². The summed E-state index contributed by atoms with van der Waals surface area (Å²) in [5.74, 6) is -0.476. The molecule has 2 aliphatic rings. The molecule has 0 saturated carbocycles. The van der Waals surface area contributed by atoms with Gasteiger partial charge in [0.05, 0.1) is 0 Å². The Balaban J connectivity index is 1.64. The first-order chi connectivity index (χ1) is 9.14. The topological polar surface area (TPSA) is 30.5 Å². The van der Waals surface area contributed by atoms with Gasteiger partial charge in [0, 0.05) is 12.6 Å². The number of ether oxygens (including phenoxy) is 2. The summed E-state index contributed by atoms with van der Waals surface area (Å²) in [6.07, 6.45) is 5.50. The van der Waals surface area contributed by atoms with Crippen LogP contribution in [0.15, 0.2) is 42.5 Å². The zero-order valence-corrected chi connectivity index (χ0v) is 11.5. The molecule has 1 fully saturated rings. The highest BCUT2D eigenvalue weighted by atomic mass is 16.8. The van der Waals surface area contributed by atoms with E-state index in [2.05, 4.69) is 41.7 Å². The lowest BCUT2D eigenvalue weighted by molar-refractivity contribution is -0.145. The van der Waals surface area contributed by atoms with Gasteiger partial charge in [-0.3, -0.25) is 0 Å². The van der Waals surface area contributed by atoms with Gasteiger partial charge in [-0.1, -0.05) is 42.5 Å². The largest absolute Gasteiger partial charge is 0.343 e. The number of benzene rings is 1. The van der Waals surface area contributed by atoms with Crippen molar-refractivity contribution in [2.75, 3.05) is 0 Å². The molecule has 1 heterocycles. The van der Waals surface area contributed by atoms with E-state index in [4.69, 9.17) is 9.47 Å². The predicted molar refractivity (Wildman–Crippen MR) is 74.7 cm³/mol. The number of hydrogen-bond donors (Lipinski definition) is 1. The molecule has 1 saturated heterocycles. The van der Waals surface area contributed by atoms with Crippen molar-refractivity contribution < 1.29 is 9.47 Å². The van der Waals surface area contributed by atoms with E-state index in [1.807, 2.05) is 19.9 Å². The lowest BCUT2D eigenvalue weighted by Gasteiger charge is -2.28. The Labute approximate surface area is 114 Å². The number of nitrogens with one attached hydrogen (secondary N) is 1. The summed E-state index contributed by atoms with van der Waals surface area (Å²) < 4.78 is 11.9. The second-order valence-corrected chi connectivity index (χ2v) is 5.70. The van der Waals surface area contributed by atoms with Crippen LogP contribution in [0.4, 0.5) is 0 Å². The van der Waals surface area contributed by atoms with E-state index in [1.165, 1.54) is 5.56 Å². The van der Waals surface area contributed by atoms with E-state index in [0.717, 1.165) is 13.0 Å². The molecule has 3 atom stereocenters. The Morgan fingerprint density at radius 1 is 1.21 bits per heavy atom. The Bertz CT molecular complexity index is 455. The van der Waals surface area contributed by atoms with Gasteiger partial charge in [-0.15, -0.1) is 0 Å². The fourth-order valence-corrected chi connectivity index (χ4v) is 2.81. The minimum atomic E-state index is -0.476. The second kappa shape index (κ2) is 5.08. The summed E-state index contributed by atoms with van der Waals surface area (Å²) in [6, 6.07) is 10.8. The standard InChI is InChI=1S/C16H21NO2/c1-16(2)18-14-10-6-9-13(15(14)19-16)17-11-12-7-4-3-5-8-12/h3-8,10,13-15,17H,9,11H2,1-2H3/t13-,14+,15-/m0/s1. The van der Waals surface area contributed by atoms with Gasteiger partial charge in [-0.05, 0) is 25.8 Å². The molecule has 1 aliphatic carbocycles. The summed E-state index contributed by atoms with van der Waals surface area (Å²) in [6.45, 7) is 4.83. The molecule has 1 aromatic carbocycles. The minimum absolute atomic E-state index is 0.0806. The van der Waals surface area contributed by atoms with Crippen LogP contribution in [0.5, 0.6) is 0 Å². The highest BCUT2D eigenvalue weighted by Crippen LogP contribution is 2.33. The summed E-state index contributed by atoms with van der Waals surface area (Å²) in [4.78, 5) is 0. The highest BCUT2D eigenvalue weighted by Gasteiger charge is 2.44. The molecule has 1 N–H and O–H groups in total. The lowest BCUT2D eigenvalue weighted by Crippen LogP contribution is -2.45. The third-order valence-corrected chi connectivity index (χ3v) is 3.69. The first-order valence-electron chi connectivity index (χ1n) is 6.94. The van der Waals surface area contributed by atoms with Gasteiger partial charge in [0.1, 0.15) is 12.2 Å². The highest BCUT2D eigenvalue weighted by molar-refractivity contribution is 5.15. The van der Waals surface area contributed by atoms with Crippen molar-refractivity contribution in [3.8, 4) is 0 Å². The zero-order chi connectivity index (χ0) is 13.3. The molecule has 0 spiro atoms. The fourth-order valence-electron chi connectivity index (χ4n) is 2.81. The van der Waals surface area contributed by atoms with E-state index < -0.39 is 5.79 Å². The summed E-state index contributed by atoms with van der Waals surface area (Å²) in [5, 5.41) is 3.59. The molecule has 102 valence electrons. The average molecular weight is 259 g/mol. The van der Waals surface area contributed by atoms with Gasteiger partial charge in [-0.2, -0.15) is 0 Å². The molecule has 0 amide bonds. The molecule has 19 heavy (non-hydrogen) atoms. The van der Waals surface area contributed by atoms with Crippen molar-refractivity contribution in [2.24, 2.45) is 0 Å². The van der Waals surface area contributed by atoms with Gasteiger partial charge >= 0.3 is 0 Å². The van der Waals surface area contributed by atoms with Crippen molar-refractivity contribution in [2.45, 2.75) is 50.8 Å². The van der Waals surface area contributed by atoms with E-state index in [9.17, 15) is 0 Å². The Morgan fingerprint density at radius 3 is 2.79 bits per heavy atom. The molecule has 0 radical (unpaired) electrons. The Kier molecular flexibility index (Phi) is 3.44. The van der Waals surface area contributed by atoms with Crippen LogP contribution in [0.25, 0.3) is 0 Å². The monoisotopic (exact) mass is 259 g/mol. The van der Waals surface area contributed by atoms with Gasteiger partial charge in [0.2, 0.25) is 0 Å². The maximum Gasteiger partial charge on any atom is 0.164 e. The van der Waals surface area contributed by atoms with Gasteiger partial charge < -0.3 is 14.8 Å². The fraction of sp³-hybridized carbons (Fsp3) is 0.500. The summed E-state index contributed by atoms with van der Waals surface area (Å²) in [7, 11) is 0. The van der Waals surface area contributed by atoms with Gasteiger partial charge in [-0.25, -0.2) is 0 Å². The third-order valence-electron chi connectivity index (χ3n) is 3.69. The normalized spacial score (nSPS) is 32.2. The maximum absolute atomic E-state index is 6.02. The zero-order valence-electron chi connectivity index (χ0n) is 11.5. The predicted octanol–water partition coefficient (Wildman–Crippen LogP) is 2.62. The number of fused-ring (bicyclic) bond motifs is 1. The van der Waals surface area contributed by atoms with Crippen LogP contribution in [-0.2, 0) is 16.0 Å². The molecule has 3 heteroatoms. The van der Waals surface area contributed by atoms with E-state index in [0.29, 0.717) is 6.04 Å². The number of hydrogen-bond acceptors (Lipinski definition) is 3. The van der Waals surface area contributed by atoms with E-state index in [-0.39, 0.29) is 12.2 Å². The molecule has 0 bridgehead atoms. The molecule has 0 unspecified atom stereocenters. The van der Waals surface area contributed by atoms with Crippen LogP contribution in [0.2, 0.25) is 0 Å². The first-order valence-corrected chi connectivity index (χ1v) is 6.94. The average Bonchev–Trinajstić information content (AvgIpc) is 2.72. The van der Waals surface area contributed by atoms with Crippen molar-refractivity contribution in [1.82, 2.24) is 5.32 Å². The smallest absolute Gasteiger partial charge is 0.164 e. The van der Waals surface area contributed by atoms with Crippen LogP contribution in [0, 0.1) is 0 Å². The van der Waals surface area contributed by atoms with Crippen LogP contribution in [0.3, 0.4) is 0 Å². The van der Waals surface area contributed by atoms with Crippen molar-refractivity contribution in [3.63, 3.8) is 0 Å². The van der Waals surface area contributed by atoms with Crippen molar-refractivity contribution in [3.05, 3.63) is 48.0 Å².